The summed E-state index contributed by atoms with van der Waals surface area (Å²) in [6, 6.07) is 2.00. The number of nitrogens with one attached hydrogen (secondary N) is 1. The number of aromatic amines is 1. The number of aromatic nitrogens is 2. The van der Waals surface area contributed by atoms with Gasteiger partial charge in [-0.2, -0.15) is 5.10 Å². The molecule has 0 bridgehead atoms. The Hall–Kier alpha value is 0.190. The van der Waals surface area contributed by atoms with Gasteiger partial charge in [-0.1, -0.05) is 11.6 Å². The van der Waals surface area contributed by atoms with Crippen LogP contribution >= 0.6 is 50.1 Å². The molecule has 0 aliphatic rings. The summed E-state index contributed by atoms with van der Waals surface area (Å²) < 4.78 is 1.85. The van der Waals surface area contributed by atoms with Crippen LogP contribution in [0.25, 0.3) is 10.9 Å². The fraction of sp³-hybridized carbons (Fsp3) is 0.125. The van der Waals surface area contributed by atoms with Crippen molar-refractivity contribution in [2.24, 2.45) is 0 Å². The minimum absolute atomic E-state index is 0.756. The Labute approximate surface area is 102 Å². The molecule has 0 atom stereocenters. The van der Waals surface area contributed by atoms with Gasteiger partial charge in [0.05, 0.1) is 10.5 Å². The minimum atomic E-state index is 0.756. The molecule has 0 spiro atoms. The van der Waals surface area contributed by atoms with Crippen LogP contribution in [0, 0.1) is 10.6 Å². The molecule has 13 heavy (non-hydrogen) atoms. The van der Waals surface area contributed by atoms with Gasteiger partial charge in [0, 0.05) is 9.86 Å². The molecule has 0 aliphatic heterocycles. The van der Waals surface area contributed by atoms with Crippen LogP contribution in [-0.2, 0) is 0 Å². The Kier molecular flexibility index (Phi) is 2.55. The summed E-state index contributed by atoms with van der Waals surface area (Å²) in [5.74, 6) is 0. The predicted octanol–water partition coefficient (Wildman–Crippen LogP) is 3.89. The lowest BCUT2D eigenvalue weighted by Gasteiger charge is -2.01. The number of benzene rings is 1. The van der Waals surface area contributed by atoms with E-state index >= 15 is 0 Å². The first kappa shape index (κ1) is 9.73. The fourth-order valence-electron chi connectivity index (χ4n) is 1.21. The van der Waals surface area contributed by atoms with Crippen molar-refractivity contribution < 1.29 is 0 Å². The first-order valence-electron chi connectivity index (χ1n) is 3.59. The Balaban J connectivity index is 2.97. The third-order valence-electron chi connectivity index (χ3n) is 1.87. The molecule has 5 heteroatoms. The number of halogens is 3. The maximum Gasteiger partial charge on any atom is 0.132 e. The van der Waals surface area contributed by atoms with E-state index < -0.39 is 0 Å². The van der Waals surface area contributed by atoms with Gasteiger partial charge in [-0.25, -0.2) is 0 Å². The normalized spacial score (nSPS) is 11.1. The molecule has 0 unspecified atom stereocenters. The van der Waals surface area contributed by atoms with Gasteiger partial charge in [-0.3, -0.25) is 5.10 Å². The zero-order valence-electron chi connectivity index (χ0n) is 6.66. The Morgan fingerprint density at radius 2 is 2.31 bits per heavy atom. The van der Waals surface area contributed by atoms with E-state index in [1.807, 2.05) is 13.0 Å². The van der Waals surface area contributed by atoms with Crippen LogP contribution in [0.1, 0.15) is 5.56 Å². The van der Waals surface area contributed by atoms with Crippen LogP contribution < -0.4 is 0 Å². The number of fused-ring (bicyclic) bond motifs is 1. The molecule has 0 radical (unpaired) electrons. The van der Waals surface area contributed by atoms with Gasteiger partial charge >= 0.3 is 0 Å². The summed E-state index contributed by atoms with van der Waals surface area (Å²) in [6.07, 6.45) is 0. The topological polar surface area (TPSA) is 28.7 Å². The second kappa shape index (κ2) is 3.40. The average Bonchev–Trinajstić information content (AvgIpc) is 2.43. The second-order valence-electron chi connectivity index (χ2n) is 2.76. The lowest BCUT2D eigenvalue weighted by Crippen LogP contribution is -1.80. The van der Waals surface area contributed by atoms with Crippen LogP contribution in [0.3, 0.4) is 0 Å². The van der Waals surface area contributed by atoms with E-state index in [1.54, 1.807) is 0 Å². The van der Waals surface area contributed by atoms with Gasteiger partial charge in [-0.05, 0) is 57.1 Å². The summed E-state index contributed by atoms with van der Waals surface area (Å²) in [5, 5.41) is 8.87. The predicted molar refractivity (Wildman–Crippen MR) is 66.3 cm³/mol. The van der Waals surface area contributed by atoms with Gasteiger partial charge in [0.2, 0.25) is 0 Å². The molecule has 0 saturated heterocycles. The van der Waals surface area contributed by atoms with Crippen molar-refractivity contribution in [2.45, 2.75) is 6.92 Å². The highest BCUT2D eigenvalue weighted by Crippen LogP contribution is 2.35. The Morgan fingerprint density at radius 3 is 3.00 bits per heavy atom. The first-order valence-corrected chi connectivity index (χ1v) is 5.84. The standard InChI is InChI=1S/C8H5BrClIN2/c1-3-2-4-5(6(9)7(3)10)8(11)13-12-4/h2H,1H3,(H,12,13). The number of aryl methyl sites for hydroxylation is 1. The van der Waals surface area contributed by atoms with E-state index in [4.69, 9.17) is 11.6 Å². The van der Waals surface area contributed by atoms with Gasteiger partial charge in [0.15, 0.2) is 0 Å². The van der Waals surface area contributed by atoms with Crippen molar-refractivity contribution in [1.29, 1.82) is 0 Å². The largest absolute Gasteiger partial charge is 0.277 e. The van der Waals surface area contributed by atoms with Crippen molar-refractivity contribution in [3.8, 4) is 0 Å². The maximum atomic E-state index is 6.09. The van der Waals surface area contributed by atoms with Crippen LogP contribution in [0.2, 0.25) is 5.02 Å². The number of rotatable bonds is 0. The molecule has 68 valence electrons. The monoisotopic (exact) mass is 370 g/mol. The molecule has 0 saturated carbocycles. The van der Waals surface area contributed by atoms with E-state index in [9.17, 15) is 0 Å². The molecule has 2 nitrogen and oxygen atoms in total. The highest BCUT2D eigenvalue weighted by molar-refractivity contribution is 14.1. The van der Waals surface area contributed by atoms with E-state index in [1.165, 1.54) is 0 Å². The number of H-pyrrole nitrogens is 1. The highest BCUT2D eigenvalue weighted by atomic mass is 127. The van der Waals surface area contributed by atoms with Gasteiger partial charge in [0.1, 0.15) is 3.70 Å². The van der Waals surface area contributed by atoms with E-state index in [0.717, 1.165) is 29.7 Å². The van der Waals surface area contributed by atoms with E-state index in [2.05, 4.69) is 48.7 Å². The van der Waals surface area contributed by atoms with E-state index in [-0.39, 0.29) is 0 Å². The molecule has 1 aromatic carbocycles. The second-order valence-corrected chi connectivity index (χ2v) is 4.95. The molecule has 2 aromatic rings. The van der Waals surface area contributed by atoms with Crippen LogP contribution in [-0.4, -0.2) is 10.2 Å². The summed E-state index contributed by atoms with van der Waals surface area (Å²) in [5.41, 5.74) is 2.05. The molecule has 0 fully saturated rings. The molecule has 0 amide bonds. The third-order valence-corrected chi connectivity index (χ3v) is 4.16. The van der Waals surface area contributed by atoms with Gasteiger partial charge in [-0.15, -0.1) is 0 Å². The van der Waals surface area contributed by atoms with Crippen molar-refractivity contribution in [3.05, 3.63) is 24.8 Å². The lowest BCUT2D eigenvalue weighted by atomic mass is 10.2. The smallest absolute Gasteiger partial charge is 0.132 e. The maximum absolute atomic E-state index is 6.09. The molecular weight excluding hydrogens is 366 g/mol. The summed E-state index contributed by atoms with van der Waals surface area (Å²) >= 11 is 11.7. The molecule has 0 aliphatic carbocycles. The summed E-state index contributed by atoms with van der Waals surface area (Å²) in [7, 11) is 0. The third kappa shape index (κ3) is 1.49. The van der Waals surface area contributed by atoms with Crippen molar-refractivity contribution in [1.82, 2.24) is 10.2 Å². The molecular formula is C8H5BrClIN2. The molecule has 1 N–H and O–H groups in total. The van der Waals surface area contributed by atoms with Crippen molar-refractivity contribution in [3.63, 3.8) is 0 Å². The molecule has 2 rings (SSSR count). The zero-order valence-corrected chi connectivity index (χ0v) is 11.2. The Morgan fingerprint density at radius 1 is 1.62 bits per heavy atom. The van der Waals surface area contributed by atoms with Crippen LogP contribution in [0.15, 0.2) is 10.5 Å². The first-order chi connectivity index (χ1) is 6.11. The van der Waals surface area contributed by atoms with Crippen molar-refractivity contribution >= 4 is 61.0 Å². The SMILES string of the molecule is Cc1cc2[nH]nc(I)c2c(Br)c1Cl. The van der Waals surface area contributed by atoms with Crippen LogP contribution in [0.4, 0.5) is 0 Å². The highest BCUT2D eigenvalue weighted by Gasteiger charge is 2.11. The lowest BCUT2D eigenvalue weighted by molar-refractivity contribution is 1.09. The van der Waals surface area contributed by atoms with Crippen molar-refractivity contribution in [2.75, 3.05) is 0 Å². The van der Waals surface area contributed by atoms with E-state index in [0.29, 0.717) is 0 Å². The number of hydrogen-bond acceptors (Lipinski definition) is 1. The molecule has 1 heterocycles. The zero-order chi connectivity index (χ0) is 9.59. The quantitative estimate of drug-likeness (QED) is 0.700. The van der Waals surface area contributed by atoms with Gasteiger partial charge in [0.25, 0.3) is 0 Å². The number of nitrogens with zero attached hydrogens (tertiary/aromatic N) is 1. The Bertz CT molecular complexity index is 480. The molecule has 1 aromatic heterocycles. The number of hydrogen-bond donors (Lipinski definition) is 1. The fourth-order valence-corrected chi connectivity index (χ4v) is 3.12. The van der Waals surface area contributed by atoms with Gasteiger partial charge < -0.3 is 0 Å². The average molecular weight is 371 g/mol. The summed E-state index contributed by atoms with van der Waals surface area (Å²) in [4.78, 5) is 0. The minimum Gasteiger partial charge on any atom is -0.277 e. The van der Waals surface area contributed by atoms with Crippen LogP contribution in [0.5, 0.6) is 0 Å². The summed E-state index contributed by atoms with van der Waals surface area (Å²) in [6.45, 7) is 1.97.